The summed E-state index contributed by atoms with van der Waals surface area (Å²) in [4.78, 5) is 14.9. The Kier molecular flexibility index (Phi) is 2.28. The number of aryl methyl sites for hydroxylation is 2. The Morgan fingerprint density at radius 2 is 2.27 bits per heavy atom. The number of benzene rings is 1. The molecule has 1 unspecified atom stereocenters. The summed E-state index contributed by atoms with van der Waals surface area (Å²) < 4.78 is 2.01. The largest absolute Gasteiger partial charge is 0.331 e. The molecule has 1 heterocycles. The molecule has 0 aliphatic rings. The van der Waals surface area contributed by atoms with Crippen LogP contribution in [0.25, 0.3) is 11.0 Å². The zero-order chi connectivity index (χ0) is 11.0. The highest BCUT2D eigenvalue weighted by Crippen LogP contribution is 2.18. The highest BCUT2D eigenvalue weighted by atomic mass is 16.1. The summed E-state index contributed by atoms with van der Waals surface area (Å²) in [6.07, 6.45) is 0.733. The van der Waals surface area contributed by atoms with Crippen molar-refractivity contribution in [3.05, 3.63) is 29.6 Å². The molecule has 2 rings (SSSR count). The van der Waals surface area contributed by atoms with E-state index in [1.165, 1.54) is 0 Å². The van der Waals surface area contributed by atoms with Gasteiger partial charge in [-0.2, -0.15) is 0 Å². The van der Waals surface area contributed by atoms with E-state index in [4.69, 9.17) is 5.73 Å². The molecule has 0 bridgehead atoms. The molecule has 1 aromatic carbocycles. The monoisotopic (exact) mass is 203 g/mol. The lowest BCUT2D eigenvalue weighted by molar-refractivity contribution is -0.109. The Morgan fingerprint density at radius 1 is 1.53 bits per heavy atom. The van der Waals surface area contributed by atoms with Crippen molar-refractivity contribution in [2.24, 2.45) is 12.8 Å². The second kappa shape index (κ2) is 3.47. The van der Waals surface area contributed by atoms with Crippen molar-refractivity contribution in [1.29, 1.82) is 0 Å². The molecule has 0 amide bonds. The first-order chi connectivity index (χ1) is 7.13. The molecule has 0 radical (unpaired) electrons. The normalized spacial score (nSPS) is 13.0. The minimum absolute atomic E-state index is 0.559. The van der Waals surface area contributed by atoms with Gasteiger partial charge in [0, 0.05) is 7.05 Å². The molecule has 0 aliphatic heterocycles. The van der Waals surface area contributed by atoms with Gasteiger partial charge in [0.1, 0.15) is 12.1 Å². The lowest BCUT2D eigenvalue weighted by Gasteiger charge is -2.03. The molecule has 2 N–H and O–H groups in total. The van der Waals surface area contributed by atoms with Crippen molar-refractivity contribution in [3.63, 3.8) is 0 Å². The van der Waals surface area contributed by atoms with Gasteiger partial charge in [-0.3, -0.25) is 0 Å². The highest BCUT2D eigenvalue weighted by molar-refractivity contribution is 5.78. The molecule has 0 spiro atoms. The van der Waals surface area contributed by atoms with Crippen LogP contribution >= 0.6 is 0 Å². The third-order valence-electron chi connectivity index (χ3n) is 2.66. The van der Waals surface area contributed by atoms with E-state index in [9.17, 15) is 4.79 Å². The number of fused-ring (bicyclic) bond motifs is 1. The lowest BCUT2D eigenvalue weighted by atomic mass is 10.1. The predicted molar refractivity (Wildman–Crippen MR) is 58.4 cm³/mol. The van der Waals surface area contributed by atoms with Gasteiger partial charge in [0.25, 0.3) is 0 Å². The van der Waals surface area contributed by atoms with Crippen LogP contribution in [-0.2, 0) is 11.8 Å². The number of carbonyl (C=O) groups excluding carboxylic acids is 1. The maximum absolute atomic E-state index is 10.6. The van der Waals surface area contributed by atoms with Gasteiger partial charge in [0.15, 0.2) is 0 Å². The molecule has 15 heavy (non-hydrogen) atoms. The number of nitrogens with two attached hydrogens (primary N) is 1. The first-order valence-electron chi connectivity index (χ1n) is 4.77. The molecule has 0 saturated heterocycles. The molecule has 1 atom stereocenters. The topological polar surface area (TPSA) is 60.9 Å². The van der Waals surface area contributed by atoms with Crippen LogP contribution in [0.3, 0.4) is 0 Å². The van der Waals surface area contributed by atoms with E-state index in [0.717, 1.165) is 28.7 Å². The van der Waals surface area contributed by atoms with Gasteiger partial charge in [-0.15, -0.1) is 0 Å². The van der Waals surface area contributed by atoms with Gasteiger partial charge in [-0.05, 0) is 24.6 Å². The Labute approximate surface area is 87.7 Å². The number of nitrogens with zero attached hydrogens (tertiary/aromatic N) is 2. The molecule has 0 aliphatic carbocycles. The summed E-state index contributed by atoms with van der Waals surface area (Å²) in [5.74, 6) is 0.946. The number of hydrogen-bond donors (Lipinski definition) is 1. The summed E-state index contributed by atoms with van der Waals surface area (Å²) in [5, 5.41) is 0. The van der Waals surface area contributed by atoms with E-state index in [-0.39, 0.29) is 0 Å². The van der Waals surface area contributed by atoms with Gasteiger partial charge in [-0.1, -0.05) is 6.07 Å². The molecule has 0 fully saturated rings. The second-order valence-electron chi connectivity index (χ2n) is 3.63. The number of rotatable bonds is 2. The number of aromatic nitrogens is 2. The molecular weight excluding hydrogens is 190 g/mol. The summed E-state index contributed by atoms with van der Waals surface area (Å²) in [5.41, 5.74) is 8.36. The molecule has 1 aromatic heterocycles. The van der Waals surface area contributed by atoms with Crippen LogP contribution in [0.4, 0.5) is 0 Å². The minimum Gasteiger partial charge on any atom is -0.331 e. The van der Waals surface area contributed by atoms with Crippen LogP contribution in [0.15, 0.2) is 18.2 Å². The fourth-order valence-corrected chi connectivity index (χ4v) is 1.62. The van der Waals surface area contributed by atoms with Gasteiger partial charge in [-0.25, -0.2) is 4.98 Å². The van der Waals surface area contributed by atoms with E-state index in [2.05, 4.69) is 4.98 Å². The maximum Gasteiger partial charge on any atom is 0.141 e. The van der Waals surface area contributed by atoms with E-state index in [0.29, 0.717) is 0 Å². The average Bonchev–Trinajstić information content (AvgIpc) is 2.53. The predicted octanol–water partition coefficient (Wildman–Crippen LogP) is 1.08. The van der Waals surface area contributed by atoms with Gasteiger partial charge < -0.3 is 15.1 Å². The zero-order valence-corrected chi connectivity index (χ0v) is 8.77. The van der Waals surface area contributed by atoms with Crippen molar-refractivity contribution >= 4 is 17.3 Å². The Bertz CT molecular complexity index is 516. The fraction of sp³-hybridized carbons (Fsp3) is 0.273. The highest BCUT2D eigenvalue weighted by Gasteiger charge is 2.08. The fourth-order valence-electron chi connectivity index (χ4n) is 1.62. The third kappa shape index (κ3) is 1.53. The van der Waals surface area contributed by atoms with Crippen molar-refractivity contribution in [2.75, 3.05) is 0 Å². The number of hydrogen-bond acceptors (Lipinski definition) is 3. The number of carbonyl (C=O) groups is 1. The quantitative estimate of drug-likeness (QED) is 0.743. The number of imidazole rings is 1. The van der Waals surface area contributed by atoms with Gasteiger partial charge in [0.2, 0.25) is 0 Å². The van der Waals surface area contributed by atoms with Crippen molar-refractivity contribution in [1.82, 2.24) is 9.55 Å². The molecular formula is C11H13N3O. The molecule has 78 valence electrons. The Hall–Kier alpha value is -1.68. The Balaban J connectivity index is 2.61. The smallest absolute Gasteiger partial charge is 0.141 e. The van der Waals surface area contributed by atoms with E-state index in [1.54, 1.807) is 0 Å². The summed E-state index contributed by atoms with van der Waals surface area (Å²) in [6.45, 7) is 1.94. The molecule has 4 nitrogen and oxygen atoms in total. The van der Waals surface area contributed by atoms with Gasteiger partial charge >= 0.3 is 0 Å². The second-order valence-corrected chi connectivity index (χ2v) is 3.63. The van der Waals surface area contributed by atoms with Crippen LogP contribution in [0.1, 0.15) is 17.4 Å². The van der Waals surface area contributed by atoms with Crippen LogP contribution in [-0.4, -0.2) is 15.8 Å². The van der Waals surface area contributed by atoms with Crippen LogP contribution in [0, 0.1) is 6.92 Å². The molecule has 4 heteroatoms. The summed E-state index contributed by atoms with van der Waals surface area (Å²) in [6, 6.07) is 5.11. The molecule has 2 aromatic rings. The van der Waals surface area contributed by atoms with Crippen molar-refractivity contribution in [3.8, 4) is 0 Å². The van der Waals surface area contributed by atoms with Gasteiger partial charge in [0.05, 0.1) is 17.1 Å². The van der Waals surface area contributed by atoms with Crippen molar-refractivity contribution in [2.45, 2.75) is 13.0 Å². The number of aldehydes is 1. The standard InChI is InChI=1S/C11H13N3O/c1-7-13-10-5-8(9(12)6-15)3-4-11(10)14(7)2/h3-6,9H,12H2,1-2H3. The van der Waals surface area contributed by atoms with Crippen LogP contribution in [0.5, 0.6) is 0 Å². The maximum atomic E-state index is 10.6. The van der Waals surface area contributed by atoms with E-state index < -0.39 is 6.04 Å². The summed E-state index contributed by atoms with van der Waals surface area (Å²) in [7, 11) is 1.96. The van der Waals surface area contributed by atoms with E-state index >= 15 is 0 Å². The van der Waals surface area contributed by atoms with Crippen LogP contribution < -0.4 is 5.73 Å². The first kappa shape index (κ1) is 9.86. The van der Waals surface area contributed by atoms with Crippen LogP contribution in [0.2, 0.25) is 0 Å². The first-order valence-corrected chi connectivity index (χ1v) is 4.77. The van der Waals surface area contributed by atoms with Crippen molar-refractivity contribution < 1.29 is 4.79 Å². The van der Waals surface area contributed by atoms with E-state index in [1.807, 2.05) is 36.7 Å². The Morgan fingerprint density at radius 3 is 2.93 bits per heavy atom. The summed E-state index contributed by atoms with van der Waals surface area (Å²) >= 11 is 0. The third-order valence-corrected chi connectivity index (χ3v) is 2.66. The minimum atomic E-state index is -0.559. The zero-order valence-electron chi connectivity index (χ0n) is 8.77. The lowest BCUT2D eigenvalue weighted by Crippen LogP contribution is -2.10. The molecule has 0 saturated carbocycles. The SMILES string of the molecule is Cc1nc2cc(C(N)C=O)ccc2n1C. The average molecular weight is 203 g/mol.